The van der Waals surface area contributed by atoms with Crippen LogP contribution in [0.3, 0.4) is 0 Å². The number of hydrogen-bond acceptors (Lipinski definition) is 5. The van der Waals surface area contributed by atoms with Crippen LogP contribution in [0.15, 0.2) is 71.2 Å². The fourth-order valence-corrected chi connectivity index (χ4v) is 7.66. The van der Waals surface area contributed by atoms with E-state index in [1.165, 1.54) is 21.7 Å². The third kappa shape index (κ3) is 3.42. The van der Waals surface area contributed by atoms with Gasteiger partial charge in [0.1, 0.15) is 0 Å². The Morgan fingerprint density at radius 3 is 2.73 bits per heavy atom. The fraction of sp³-hybridized carbons (Fsp3) is 0.355. The molecule has 2 aliphatic heterocycles. The molecule has 1 aliphatic carbocycles. The third-order valence-electron chi connectivity index (χ3n) is 8.82. The molecule has 0 radical (unpaired) electrons. The predicted octanol–water partition coefficient (Wildman–Crippen LogP) is 7.24. The molecule has 7 rings (SSSR count). The summed E-state index contributed by atoms with van der Waals surface area (Å²) >= 11 is 1.75. The normalized spacial score (nSPS) is 24.5. The van der Waals surface area contributed by atoms with Crippen LogP contribution in [0.25, 0.3) is 11.0 Å². The first kappa shape index (κ1) is 22.8. The Balaban J connectivity index is 1.42. The van der Waals surface area contributed by atoms with Crippen LogP contribution >= 0.6 is 11.3 Å². The molecule has 0 fully saturated rings. The largest absolute Gasteiger partial charge is 0.369 e. The molecular formula is C31H32N4OS. The summed E-state index contributed by atoms with van der Waals surface area (Å²) in [4.78, 5) is 22.6. The summed E-state index contributed by atoms with van der Waals surface area (Å²) in [5.74, 6) is 1.73. The summed E-state index contributed by atoms with van der Waals surface area (Å²) < 4.78 is 2.25. The molecule has 3 unspecified atom stereocenters. The van der Waals surface area contributed by atoms with Crippen molar-refractivity contribution < 1.29 is 4.79 Å². The average Bonchev–Trinajstić information content (AvgIpc) is 3.54. The minimum atomic E-state index is -0.187. The van der Waals surface area contributed by atoms with Gasteiger partial charge in [0.25, 0.3) is 0 Å². The Morgan fingerprint density at radius 1 is 1.08 bits per heavy atom. The topological polar surface area (TPSA) is 50.2 Å². The molecule has 37 heavy (non-hydrogen) atoms. The first-order valence-corrected chi connectivity index (χ1v) is 14.1. The van der Waals surface area contributed by atoms with E-state index in [4.69, 9.17) is 4.98 Å². The highest BCUT2D eigenvalue weighted by atomic mass is 32.1. The van der Waals surface area contributed by atoms with Gasteiger partial charge in [0, 0.05) is 46.8 Å². The molecule has 0 spiro atoms. The minimum absolute atomic E-state index is 0.113. The maximum atomic E-state index is 13.9. The number of Topliss-reactive ketones (excluding diaryl/α,β-unsaturated/α-hetero) is 1. The van der Waals surface area contributed by atoms with Crippen LogP contribution in [-0.2, 0) is 4.79 Å². The molecule has 4 aromatic rings. The maximum Gasteiger partial charge on any atom is 0.209 e. The molecule has 188 valence electrons. The van der Waals surface area contributed by atoms with Crippen molar-refractivity contribution in [3.63, 3.8) is 0 Å². The van der Waals surface area contributed by atoms with Crippen molar-refractivity contribution in [1.82, 2.24) is 9.55 Å². The smallest absolute Gasteiger partial charge is 0.209 e. The molecule has 3 aliphatic rings. The number of hydrogen-bond donors (Lipinski definition) is 1. The second kappa shape index (κ2) is 8.06. The van der Waals surface area contributed by atoms with Gasteiger partial charge >= 0.3 is 0 Å². The van der Waals surface area contributed by atoms with Crippen LogP contribution in [0.2, 0.25) is 0 Å². The fourth-order valence-electron chi connectivity index (χ4n) is 6.83. The molecular weight excluding hydrogens is 476 g/mol. The van der Waals surface area contributed by atoms with Crippen LogP contribution in [0.5, 0.6) is 0 Å². The highest BCUT2D eigenvalue weighted by Gasteiger charge is 2.41. The quantitative estimate of drug-likeness (QED) is 0.310. The van der Waals surface area contributed by atoms with E-state index in [0.717, 1.165) is 41.1 Å². The van der Waals surface area contributed by atoms with Gasteiger partial charge in [0.15, 0.2) is 5.78 Å². The molecule has 0 saturated heterocycles. The van der Waals surface area contributed by atoms with Crippen LogP contribution in [-0.4, -0.2) is 27.9 Å². The lowest BCUT2D eigenvalue weighted by Crippen LogP contribution is -2.45. The van der Waals surface area contributed by atoms with E-state index in [2.05, 4.69) is 96.5 Å². The number of anilines is 2. The van der Waals surface area contributed by atoms with Crippen molar-refractivity contribution in [1.29, 1.82) is 0 Å². The number of ketones is 1. The van der Waals surface area contributed by atoms with E-state index in [1.54, 1.807) is 11.3 Å². The van der Waals surface area contributed by atoms with E-state index in [9.17, 15) is 4.79 Å². The van der Waals surface area contributed by atoms with Gasteiger partial charge in [-0.2, -0.15) is 0 Å². The van der Waals surface area contributed by atoms with Crippen LogP contribution in [0.1, 0.15) is 73.9 Å². The second-order valence-electron chi connectivity index (χ2n) is 11.6. The van der Waals surface area contributed by atoms with Gasteiger partial charge in [-0.3, -0.25) is 9.36 Å². The Morgan fingerprint density at radius 2 is 1.92 bits per heavy atom. The number of carbonyl (C=O) groups is 1. The maximum absolute atomic E-state index is 13.9. The number of imidazole rings is 1. The number of fused-ring (bicyclic) bond motifs is 4. The number of rotatable bonds is 2. The van der Waals surface area contributed by atoms with Crippen molar-refractivity contribution in [2.45, 2.75) is 63.5 Å². The molecule has 0 saturated carbocycles. The van der Waals surface area contributed by atoms with E-state index >= 15 is 0 Å². The number of carbonyl (C=O) groups excluding carboxylic acids is 1. The van der Waals surface area contributed by atoms with Crippen molar-refractivity contribution in [3.05, 3.63) is 87.3 Å². The number of nitrogens with zero attached hydrogens (tertiary/aromatic N) is 3. The molecule has 0 bridgehead atoms. The average molecular weight is 509 g/mol. The highest BCUT2D eigenvalue weighted by molar-refractivity contribution is 7.10. The first-order chi connectivity index (χ1) is 17.8. The minimum Gasteiger partial charge on any atom is -0.369 e. The van der Waals surface area contributed by atoms with Crippen molar-refractivity contribution >= 4 is 39.8 Å². The van der Waals surface area contributed by atoms with Gasteiger partial charge in [0.05, 0.1) is 17.1 Å². The number of aromatic nitrogens is 2. The van der Waals surface area contributed by atoms with E-state index < -0.39 is 0 Å². The second-order valence-corrected chi connectivity index (χ2v) is 12.5. The van der Waals surface area contributed by atoms with Crippen molar-refractivity contribution in [2.24, 2.45) is 0 Å². The lowest BCUT2D eigenvalue weighted by Gasteiger charge is -2.46. The van der Waals surface area contributed by atoms with Gasteiger partial charge in [-0.15, -0.1) is 11.3 Å². The molecule has 2 aromatic heterocycles. The Labute approximate surface area is 221 Å². The standard InChI is InChI=1S/C31H32N4OS/c1-18-17-31(2,3)34(4)24-12-11-19(14-21(18)24)29-28-23(15-20(16-26(28)36)27-10-7-13-37-27)33-30-32-22-8-5-6-9-25(22)35(29)30/h5-14,18,20,29H,15-17H2,1-4H3,(H,32,33). The van der Waals surface area contributed by atoms with Crippen LogP contribution in [0, 0.1) is 0 Å². The summed E-state index contributed by atoms with van der Waals surface area (Å²) in [5, 5.41) is 5.71. The summed E-state index contributed by atoms with van der Waals surface area (Å²) in [7, 11) is 2.20. The molecule has 6 heteroatoms. The van der Waals surface area contributed by atoms with Gasteiger partial charge in [-0.1, -0.05) is 37.3 Å². The molecule has 5 nitrogen and oxygen atoms in total. The number of thiophene rings is 1. The Hall–Kier alpha value is -3.38. The molecule has 3 atom stereocenters. The van der Waals surface area contributed by atoms with Gasteiger partial charge < -0.3 is 10.2 Å². The number of nitrogens with one attached hydrogen (secondary N) is 1. The van der Waals surface area contributed by atoms with Gasteiger partial charge in [-0.25, -0.2) is 4.98 Å². The molecule has 0 amide bonds. The van der Waals surface area contributed by atoms with Crippen LogP contribution < -0.4 is 10.2 Å². The van der Waals surface area contributed by atoms with Crippen molar-refractivity contribution in [2.75, 3.05) is 17.3 Å². The molecule has 1 N–H and O–H groups in total. The Bertz CT molecular complexity index is 1580. The van der Waals surface area contributed by atoms with Gasteiger partial charge in [0.2, 0.25) is 5.95 Å². The van der Waals surface area contributed by atoms with Crippen molar-refractivity contribution in [3.8, 4) is 0 Å². The van der Waals surface area contributed by atoms with Gasteiger partial charge in [-0.05, 0) is 73.4 Å². The summed E-state index contributed by atoms with van der Waals surface area (Å²) in [6.45, 7) is 6.97. The first-order valence-electron chi connectivity index (χ1n) is 13.2. The third-order valence-corrected chi connectivity index (χ3v) is 9.85. The zero-order valence-corrected chi connectivity index (χ0v) is 22.6. The number of para-hydroxylation sites is 2. The Kier molecular flexibility index (Phi) is 4.96. The monoisotopic (exact) mass is 508 g/mol. The lowest BCUT2D eigenvalue weighted by atomic mass is 9.77. The predicted molar refractivity (Wildman–Crippen MR) is 152 cm³/mol. The van der Waals surface area contributed by atoms with Crippen LogP contribution in [0.4, 0.5) is 11.6 Å². The summed E-state index contributed by atoms with van der Waals surface area (Å²) in [5.41, 5.74) is 7.88. The lowest BCUT2D eigenvalue weighted by molar-refractivity contribution is -0.116. The SMILES string of the molecule is CC1CC(C)(C)N(C)c2ccc(C3C4=C(CC(c5cccs5)CC4=O)Nc4nc5ccccc5n43)cc21. The number of allylic oxidation sites excluding steroid dienone is 2. The van der Waals surface area contributed by atoms with E-state index in [0.29, 0.717) is 12.3 Å². The summed E-state index contributed by atoms with van der Waals surface area (Å²) in [6.07, 6.45) is 2.48. The van der Waals surface area contributed by atoms with E-state index in [1.807, 2.05) is 6.07 Å². The summed E-state index contributed by atoms with van der Waals surface area (Å²) in [6, 6.07) is 19.2. The van der Waals surface area contributed by atoms with E-state index in [-0.39, 0.29) is 23.3 Å². The molecule has 4 heterocycles. The number of benzene rings is 2. The molecule has 2 aromatic carbocycles. The highest BCUT2D eigenvalue weighted by Crippen LogP contribution is 2.49. The zero-order valence-electron chi connectivity index (χ0n) is 21.8. The zero-order chi connectivity index (χ0) is 25.5.